The van der Waals surface area contributed by atoms with Crippen LogP contribution in [0.15, 0.2) is 186 Å². The van der Waals surface area contributed by atoms with Crippen molar-refractivity contribution in [1.82, 2.24) is 9.55 Å². The third-order valence-electron chi connectivity index (χ3n) is 10.9. The molecule has 8 aromatic carbocycles. The van der Waals surface area contributed by atoms with Crippen LogP contribution in [0.5, 0.6) is 0 Å². The number of fused-ring (bicyclic) bond motifs is 9. The highest BCUT2D eigenvalue weighted by Gasteiger charge is 2.24. The van der Waals surface area contributed by atoms with E-state index in [-0.39, 0.29) is 0 Å². The van der Waals surface area contributed by atoms with Crippen molar-refractivity contribution in [2.24, 2.45) is 0 Å². The summed E-state index contributed by atoms with van der Waals surface area (Å²) in [6.07, 6.45) is 0.830. The van der Waals surface area contributed by atoms with Crippen molar-refractivity contribution in [2.75, 3.05) is 0 Å². The second kappa shape index (κ2) is 11.8. The van der Waals surface area contributed by atoms with Crippen molar-refractivity contribution in [1.29, 1.82) is 0 Å². The van der Waals surface area contributed by atoms with E-state index in [0.29, 0.717) is 0 Å². The fraction of sp³-hybridized carbons (Fsp3) is 0.0200. The molecule has 0 atom stereocenters. The Morgan fingerprint density at radius 2 is 1.08 bits per heavy atom. The summed E-state index contributed by atoms with van der Waals surface area (Å²) in [6, 6.07) is 65.2. The normalized spacial score (nSPS) is 12.1. The molecule has 11 rings (SSSR count). The molecule has 0 N–H and O–H groups in total. The molecule has 0 aliphatic heterocycles. The Labute approximate surface area is 307 Å². The van der Waals surface area contributed by atoms with Crippen LogP contribution in [0.1, 0.15) is 11.1 Å². The van der Waals surface area contributed by atoms with Gasteiger partial charge in [-0.05, 0) is 105 Å². The number of nitrogens with zero attached hydrogens (tertiary/aromatic N) is 2. The van der Waals surface area contributed by atoms with Crippen molar-refractivity contribution in [3.05, 3.63) is 193 Å². The first-order valence-corrected chi connectivity index (χ1v) is 18.2. The smallest absolute Gasteiger partial charge is 0.145 e. The van der Waals surface area contributed by atoms with Gasteiger partial charge in [0.05, 0.1) is 11.0 Å². The zero-order valence-electron chi connectivity index (χ0n) is 28.8. The fourth-order valence-electron chi connectivity index (χ4n) is 8.46. The summed E-state index contributed by atoms with van der Waals surface area (Å²) >= 11 is 0. The van der Waals surface area contributed by atoms with Crippen LogP contribution in [0, 0.1) is 0 Å². The molecular formula is C50H32N2O. The highest BCUT2D eigenvalue weighted by molar-refractivity contribution is 6.13. The maximum absolute atomic E-state index is 6.32. The first kappa shape index (κ1) is 29.7. The summed E-state index contributed by atoms with van der Waals surface area (Å²) in [4.78, 5) is 5.09. The zero-order chi connectivity index (χ0) is 34.9. The topological polar surface area (TPSA) is 31.0 Å². The Kier molecular flexibility index (Phi) is 6.62. The lowest BCUT2D eigenvalue weighted by molar-refractivity contribution is 0.669. The van der Waals surface area contributed by atoms with Gasteiger partial charge in [-0.1, -0.05) is 140 Å². The number of aromatic nitrogens is 2. The van der Waals surface area contributed by atoms with Crippen LogP contribution < -0.4 is 0 Å². The number of rotatable bonds is 4. The minimum absolute atomic E-state index is 0.830. The van der Waals surface area contributed by atoms with E-state index in [9.17, 15) is 0 Å². The van der Waals surface area contributed by atoms with E-state index in [2.05, 4.69) is 180 Å². The first-order valence-electron chi connectivity index (χ1n) is 18.2. The molecule has 10 aromatic rings. The average Bonchev–Trinajstić information content (AvgIpc) is 3.77. The van der Waals surface area contributed by atoms with Gasteiger partial charge < -0.3 is 4.42 Å². The van der Waals surface area contributed by atoms with E-state index in [1.54, 1.807) is 0 Å². The summed E-state index contributed by atoms with van der Waals surface area (Å²) in [5.41, 5.74) is 18.7. The summed E-state index contributed by atoms with van der Waals surface area (Å²) in [5.74, 6) is 0.937. The molecule has 2 heterocycles. The van der Waals surface area contributed by atoms with Gasteiger partial charge in [-0.3, -0.25) is 4.57 Å². The van der Waals surface area contributed by atoms with Crippen LogP contribution in [0.25, 0.3) is 94.6 Å². The van der Waals surface area contributed by atoms with Gasteiger partial charge in [-0.2, -0.15) is 0 Å². The van der Waals surface area contributed by atoms with Crippen LogP contribution in [0.4, 0.5) is 0 Å². The van der Waals surface area contributed by atoms with E-state index in [0.717, 1.165) is 51.1 Å². The number of imidazole rings is 1. The molecule has 0 unspecified atom stereocenters. The highest BCUT2D eigenvalue weighted by Crippen LogP contribution is 2.46. The van der Waals surface area contributed by atoms with Crippen LogP contribution in [0.2, 0.25) is 0 Å². The van der Waals surface area contributed by atoms with Gasteiger partial charge in [0.15, 0.2) is 0 Å². The molecule has 248 valence electrons. The maximum Gasteiger partial charge on any atom is 0.145 e. The van der Waals surface area contributed by atoms with E-state index in [1.807, 2.05) is 6.07 Å². The maximum atomic E-state index is 6.32. The first-order chi connectivity index (χ1) is 26.3. The molecule has 0 fully saturated rings. The lowest BCUT2D eigenvalue weighted by Crippen LogP contribution is -1.97. The second-order valence-electron chi connectivity index (χ2n) is 13.9. The monoisotopic (exact) mass is 676 g/mol. The standard InChI is InChI=1S/C50H32N2O/c1-2-12-36(13-3-1)52-46-21-8-7-20-45(46)51-50(52)33-26-24-32(25-27-33)34-28-29-35-31-44-39(37-14-4-5-15-38(37)43(35)30-34)17-10-18-40(44)41-19-11-23-48-49(41)42-16-6-9-22-47(42)53-48/h1-30H,31H2. The van der Waals surface area contributed by atoms with E-state index < -0.39 is 0 Å². The van der Waals surface area contributed by atoms with Gasteiger partial charge >= 0.3 is 0 Å². The predicted molar refractivity (Wildman–Crippen MR) is 218 cm³/mol. The zero-order valence-corrected chi connectivity index (χ0v) is 28.8. The third-order valence-corrected chi connectivity index (χ3v) is 10.9. The average molecular weight is 677 g/mol. The van der Waals surface area contributed by atoms with Crippen LogP contribution >= 0.6 is 0 Å². The molecular weight excluding hydrogens is 645 g/mol. The van der Waals surface area contributed by atoms with Gasteiger partial charge in [0.1, 0.15) is 17.0 Å². The summed E-state index contributed by atoms with van der Waals surface area (Å²) in [7, 11) is 0. The van der Waals surface area contributed by atoms with Crippen LogP contribution in [0.3, 0.4) is 0 Å². The predicted octanol–water partition coefficient (Wildman–Crippen LogP) is 13.2. The van der Waals surface area contributed by atoms with E-state index in [4.69, 9.17) is 9.40 Å². The Balaban J connectivity index is 1.02. The molecule has 0 amide bonds. The van der Waals surface area contributed by atoms with Crippen LogP contribution in [-0.4, -0.2) is 9.55 Å². The van der Waals surface area contributed by atoms with Gasteiger partial charge in [-0.15, -0.1) is 0 Å². The number of furan rings is 1. The van der Waals surface area contributed by atoms with Gasteiger partial charge in [0.25, 0.3) is 0 Å². The fourth-order valence-corrected chi connectivity index (χ4v) is 8.46. The molecule has 0 saturated carbocycles. The SMILES string of the molecule is c1ccc(-n2c(-c3ccc(-c4ccc5c(c4)-c4ccccc4-c4cccc(-c6cccc7oc8ccccc8c67)c4C5)cc3)nc3ccccc32)cc1. The van der Waals surface area contributed by atoms with E-state index >= 15 is 0 Å². The van der Waals surface area contributed by atoms with Crippen LogP contribution in [-0.2, 0) is 6.42 Å². The molecule has 3 heteroatoms. The summed E-state index contributed by atoms with van der Waals surface area (Å²) in [6.45, 7) is 0. The largest absolute Gasteiger partial charge is 0.456 e. The molecule has 0 spiro atoms. The molecule has 53 heavy (non-hydrogen) atoms. The van der Waals surface area contributed by atoms with Gasteiger partial charge in [0, 0.05) is 22.0 Å². The Morgan fingerprint density at radius 1 is 0.453 bits per heavy atom. The second-order valence-corrected chi connectivity index (χ2v) is 13.9. The van der Waals surface area contributed by atoms with E-state index in [1.165, 1.54) is 61.0 Å². The van der Waals surface area contributed by atoms with Crippen molar-refractivity contribution >= 4 is 33.0 Å². The number of benzene rings is 8. The van der Waals surface area contributed by atoms with Gasteiger partial charge in [0.2, 0.25) is 0 Å². The Hall–Kier alpha value is -6.97. The quantitative estimate of drug-likeness (QED) is 0.186. The lowest BCUT2D eigenvalue weighted by Gasteiger charge is -2.15. The third kappa shape index (κ3) is 4.71. The lowest BCUT2D eigenvalue weighted by atomic mass is 9.88. The summed E-state index contributed by atoms with van der Waals surface area (Å²) < 4.78 is 8.57. The molecule has 1 aliphatic carbocycles. The Morgan fingerprint density at radius 3 is 1.94 bits per heavy atom. The minimum Gasteiger partial charge on any atom is -0.456 e. The molecule has 0 radical (unpaired) electrons. The Bertz CT molecular complexity index is 3020. The number of hydrogen-bond acceptors (Lipinski definition) is 2. The number of hydrogen-bond donors (Lipinski definition) is 0. The van der Waals surface area contributed by atoms with Crippen molar-refractivity contribution in [2.45, 2.75) is 6.42 Å². The van der Waals surface area contributed by atoms with Crippen molar-refractivity contribution in [3.8, 4) is 61.6 Å². The van der Waals surface area contributed by atoms with Crippen molar-refractivity contribution < 1.29 is 4.42 Å². The molecule has 2 aromatic heterocycles. The molecule has 0 bridgehead atoms. The molecule has 3 nitrogen and oxygen atoms in total. The number of para-hydroxylation sites is 4. The van der Waals surface area contributed by atoms with Crippen molar-refractivity contribution in [3.63, 3.8) is 0 Å². The highest BCUT2D eigenvalue weighted by atomic mass is 16.3. The minimum atomic E-state index is 0.830. The van der Waals surface area contributed by atoms with Gasteiger partial charge in [-0.25, -0.2) is 4.98 Å². The molecule has 0 saturated heterocycles. The molecule has 1 aliphatic rings. The summed E-state index contributed by atoms with van der Waals surface area (Å²) in [5, 5.41) is 2.32.